The first-order valence-corrected chi connectivity index (χ1v) is 8.49. The van der Waals surface area contributed by atoms with Crippen molar-refractivity contribution in [2.45, 2.75) is 18.8 Å². The summed E-state index contributed by atoms with van der Waals surface area (Å²) in [6.07, 6.45) is 3.57. The summed E-state index contributed by atoms with van der Waals surface area (Å²) in [4.78, 5) is 19.0. The Balaban J connectivity index is 1.49. The molecule has 1 fully saturated rings. The number of para-hydroxylation sites is 1. The molecule has 1 aliphatic heterocycles. The molecule has 1 saturated heterocycles. The molecule has 3 aromatic rings. The number of ether oxygens (including phenoxy) is 1. The van der Waals surface area contributed by atoms with Gasteiger partial charge in [0.2, 0.25) is 0 Å². The lowest BCUT2D eigenvalue weighted by atomic mass is 9.91. The number of carbonyl (C=O) groups is 1. The van der Waals surface area contributed by atoms with E-state index >= 15 is 0 Å². The molecular formula is C19H20N4O2. The standard InChI is InChI=1S/C19H20N4O2/c1-25-16-7-3-2-5-14(16)19(24)23-11-8-13(9-12-23)17-15-6-4-10-20-18(15)22-21-17/h2-7,10,13H,8-9,11-12H2,1H3,(H,20,21,22). The molecule has 6 heteroatoms. The molecule has 0 aliphatic carbocycles. The van der Waals surface area contributed by atoms with Crippen LogP contribution in [0.25, 0.3) is 11.0 Å². The zero-order valence-corrected chi connectivity index (χ0v) is 14.1. The highest BCUT2D eigenvalue weighted by Crippen LogP contribution is 2.32. The number of hydrogen-bond acceptors (Lipinski definition) is 4. The lowest BCUT2D eigenvalue weighted by Gasteiger charge is -2.32. The molecule has 4 rings (SSSR count). The van der Waals surface area contributed by atoms with E-state index in [-0.39, 0.29) is 5.91 Å². The van der Waals surface area contributed by atoms with Crippen LogP contribution in [-0.4, -0.2) is 46.2 Å². The molecule has 3 heterocycles. The van der Waals surface area contributed by atoms with Crippen LogP contribution in [-0.2, 0) is 0 Å². The molecule has 128 valence electrons. The molecule has 25 heavy (non-hydrogen) atoms. The fourth-order valence-corrected chi connectivity index (χ4v) is 3.54. The second kappa shape index (κ2) is 6.55. The molecule has 0 radical (unpaired) electrons. The van der Waals surface area contributed by atoms with Crippen LogP contribution in [0.3, 0.4) is 0 Å². The first-order valence-electron chi connectivity index (χ1n) is 8.49. The Morgan fingerprint density at radius 2 is 2.00 bits per heavy atom. The molecule has 6 nitrogen and oxygen atoms in total. The van der Waals surface area contributed by atoms with E-state index in [9.17, 15) is 4.79 Å². The normalized spacial score (nSPS) is 15.5. The minimum atomic E-state index is 0.0343. The predicted molar refractivity (Wildman–Crippen MR) is 94.8 cm³/mol. The molecule has 0 bridgehead atoms. The van der Waals surface area contributed by atoms with Crippen molar-refractivity contribution in [3.8, 4) is 5.75 Å². The van der Waals surface area contributed by atoms with Gasteiger partial charge in [-0.1, -0.05) is 12.1 Å². The Morgan fingerprint density at radius 1 is 1.20 bits per heavy atom. The third kappa shape index (κ3) is 2.84. The zero-order chi connectivity index (χ0) is 17.2. The minimum absolute atomic E-state index is 0.0343. The Bertz CT molecular complexity index is 897. The molecule has 0 unspecified atom stereocenters. The maximum absolute atomic E-state index is 12.8. The number of piperidine rings is 1. The Kier molecular flexibility index (Phi) is 4.09. The van der Waals surface area contributed by atoms with Gasteiger partial charge in [0.15, 0.2) is 5.65 Å². The Labute approximate surface area is 145 Å². The third-order valence-electron chi connectivity index (χ3n) is 4.89. The molecule has 0 spiro atoms. The lowest BCUT2D eigenvalue weighted by Crippen LogP contribution is -2.38. The van der Waals surface area contributed by atoms with Gasteiger partial charge >= 0.3 is 0 Å². The summed E-state index contributed by atoms with van der Waals surface area (Å²) in [6, 6.07) is 11.4. The average Bonchev–Trinajstić information content (AvgIpc) is 3.11. The van der Waals surface area contributed by atoms with Crippen LogP contribution in [0, 0.1) is 0 Å². The van der Waals surface area contributed by atoms with Crippen LogP contribution in [0.5, 0.6) is 5.75 Å². The van der Waals surface area contributed by atoms with E-state index in [0.717, 1.165) is 42.7 Å². The quantitative estimate of drug-likeness (QED) is 0.798. The molecule has 1 N–H and O–H groups in total. The fourth-order valence-electron chi connectivity index (χ4n) is 3.54. The summed E-state index contributed by atoms with van der Waals surface area (Å²) in [5, 5.41) is 8.51. The van der Waals surface area contributed by atoms with E-state index in [1.807, 2.05) is 41.3 Å². The smallest absolute Gasteiger partial charge is 0.257 e. The first kappa shape index (κ1) is 15.6. The van der Waals surface area contributed by atoms with Crippen molar-refractivity contribution in [3.05, 3.63) is 53.9 Å². The van der Waals surface area contributed by atoms with E-state index in [2.05, 4.69) is 15.2 Å². The van der Waals surface area contributed by atoms with Gasteiger partial charge in [-0.15, -0.1) is 0 Å². The fraction of sp³-hybridized carbons (Fsp3) is 0.316. The molecule has 0 atom stereocenters. The van der Waals surface area contributed by atoms with Crippen LogP contribution >= 0.6 is 0 Å². The number of benzene rings is 1. The van der Waals surface area contributed by atoms with Crippen molar-refractivity contribution in [1.82, 2.24) is 20.1 Å². The summed E-state index contributed by atoms with van der Waals surface area (Å²) in [6.45, 7) is 1.45. The number of carbonyl (C=O) groups excluding carboxylic acids is 1. The number of amides is 1. The van der Waals surface area contributed by atoms with E-state index in [4.69, 9.17) is 4.74 Å². The van der Waals surface area contributed by atoms with Crippen molar-refractivity contribution in [1.29, 1.82) is 0 Å². The van der Waals surface area contributed by atoms with Crippen molar-refractivity contribution in [2.75, 3.05) is 20.2 Å². The Hall–Kier alpha value is -2.89. The lowest BCUT2D eigenvalue weighted by molar-refractivity contribution is 0.0709. The van der Waals surface area contributed by atoms with Crippen LogP contribution in [0.4, 0.5) is 0 Å². The van der Waals surface area contributed by atoms with Crippen molar-refractivity contribution >= 4 is 16.9 Å². The van der Waals surface area contributed by atoms with Crippen LogP contribution in [0.2, 0.25) is 0 Å². The van der Waals surface area contributed by atoms with Gasteiger partial charge in [-0.05, 0) is 37.1 Å². The van der Waals surface area contributed by atoms with Gasteiger partial charge in [0.1, 0.15) is 5.75 Å². The molecule has 1 aromatic carbocycles. The number of rotatable bonds is 3. The molecule has 2 aromatic heterocycles. The number of likely N-dealkylation sites (tertiary alicyclic amines) is 1. The monoisotopic (exact) mass is 336 g/mol. The molecule has 1 aliphatic rings. The number of nitrogens with one attached hydrogen (secondary N) is 1. The van der Waals surface area contributed by atoms with Gasteiger partial charge in [-0.3, -0.25) is 9.89 Å². The summed E-state index contributed by atoms with van der Waals surface area (Å²) >= 11 is 0. The molecule has 1 amide bonds. The maximum atomic E-state index is 12.8. The summed E-state index contributed by atoms with van der Waals surface area (Å²) in [5.74, 6) is 1.03. The number of nitrogens with zero attached hydrogens (tertiary/aromatic N) is 3. The van der Waals surface area contributed by atoms with Gasteiger partial charge in [-0.2, -0.15) is 5.10 Å². The van der Waals surface area contributed by atoms with Gasteiger partial charge in [0.25, 0.3) is 5.91 Å². The summed E-state index contributed by atoms with van der Waals surface area (Å²) in [5.41, 5.74) is 2.51. The number of aromatic amines is 1. The van der Waals surface area contributed by atoms with E-state index in [1.54, 1.807) is 13.3 Å². The van der Waals surface area contributed by atoms with Gasteiger partial charge in [0, 0.05) is 36.3 Å². The van der Waals surface area contributed by atoms with E-state index in [0.29, 0.717) is 17.2 Å². The van der Waals surface area contributed by atoms with Gasteiger partial charge < -0.3 is 9.64 Å². The topological polar surface area (TPSA) is 71.1 Å². The van der Waals surface area contributed by atoms with Crippen molar-refractivity contribution < 1.29 is 9.53 Å². The third-order valence-corrected chi connectivity index (χ3v) is 4.89. The van der Waals surface area contributed by atoms with Crippen molar-refractivity contribution in [3.63, 3.8) is 0 Å². The second-order valence-electron chi connectivity index (χ2n) is 6.28. The summed E-state index contributed by atoms with van der Waals surface area (Å²) in [7, 11) is 1.59. The number of H-pyrrole nitrogens is 1. The SMILES string of the molecule is COc1ccccc1C(=O)N1CCC(c2[nH]nc3ncccc23)CC1. The zero-order valence-electron chi connectivity index (χ0n) is 14.1. The number of aromatic nitrogens is 3. The largest absolute Gasteiger partial charge is 0.496 e. The number of fused-ring (bicyclic) bond motifs is 1. The summed E-state index contributed by atoms with van der Waals surface area (Å²) < 4.78 is 5.32. The number of hydrogen-bond donors (Lipinski definition) is 1. The van der Waals surface area contributed by atoms with Crippen LogP contribution in [0.1, 0.15) is 34.8 Å². The van der Waals surface area contributed by atoms with Gasteiger partial charge in [0.05, 0.1) is 12.7 Å². The number of methoxy groups -OCH3 is 1. The molecule has 0 saturated carbocycles. The van der Waals surface area contributed by atoms with E-state index in [1.165, 1.54) is 0 Å². The Morgan fingerprint density at radius 3 is 2.80 bits per heavy atom. The average molecular weight is 336 g/mol. The highest BCUT2D eigenvalue weighted by molar-refractivity contribution is 5.97. The maximum Gasteiger partial charge on any atom is 0.257 e. The highest BCUT2D eigenvalue weighted by atomic mass is 16.5. The van der Waals surface area contributed by atoms with Crippen LogP contribution in [0.15, 0.2) is 42.6 Å². The first-order chi connectivity index (χ1) is 12.3. The second-order valence-corrected chi connectivity index (χ2v) is 6.28. The predicted octanol–water partition coefficient (Wildman–Crippen LogP) is 2.99. The molecular weight excluding hydrogens is 316 g/mol. The van der Waals surface area contributed by atoms with E-state index < -0.39 is 0 Å². The highest BCUT2D eigenvalue weighted by Gasteiger charge is 2.27. The number of pyridine rings is 1. The van der Waals surface area contributed by atoms with Crippen LogP contribution < -0.4 is 4.74 Å². The van der Waals surface area contributed by atoms with Crippen molar-refractivity contribution in [2.24, 2.45) is 0 Å². The van der Waals surface area contributed by atoms with Gasteiger partial charge in [-0.25, -0.2) is 4.98 Å². The minimum Gasteiger partial charge on any atom is -0.496 e.